The van der Waals surface area contributed by atoms with E-state index in [1.54, 1.807) is 18.5 Å². The molecule has 0 aliphatic carbocycles. The summed E-state index contributed by atoms with van der Waals surface area (Å²) in [5.74, 6) is 0.500. The third-order valence-electron chi connectivity index (χ3n) is 4.58. The molecule has 0 radical (unpaired) electrons. The van der Waals surface area contributed by atoms with Gasteiger partial charge in [-0.25, -0.2) is 14.6 Å². The van der Waals surface area contributed by atoms with Gasteiger partial charge in [0.25, 0.3) is 5.56 Å². The number of benzene rings is 1. The predicted molar refractivity (Wildman–Crippen MR) is 117 cm³/mol. The zero-order chi connectivity index (χ0) is 20.9. The summed E-state index contributed by atoms with van der Waals surface area (Å²) >= 11 is 0. The van der Waals surface area contributed by atoms with Crippen LogP contribution < -0.4 is 10.9 Å². The van der Waals surface area contributed by atoms with Gasteiger partial charge < -0.3 is 5.32 Å². The van der Waals surface area contributed by atoms with Crippen LogP contribution in [0.3, 0.4) is 0 Å². The molecule has 1 aromatic carbocycles. The molecular weight excluding hydrogens is 376 g/mol. The van der Waals surface area contributed by atoms with Gasteiger partial charge in [-0.3, -0.25) is 9.78 Å². The number of anilines is 1. The largest absolute Gasteiger partial charge is 0.349 e. The van der Waals surface area contributed by atoms with E-state index < -0.39 is 0 Å². The SMILES string of the molecule is CC(C)n1nc(-c2cnc(NCc3ccccn3)nc2-c2ccccc2)ccc1=O. The van der Waals surface area contributed by atoms with Crippen molar-refractivity contribution in [3.63, 3.8) is 0 Å². The zero-order valence-electron chi connectivity index (χ0n) is 16.9. The predicted octanol–water partition coefficient (Wildman–Crippen LogP) is 3.96. The number of nitrogens with one attached hydrogen (secondary N) is 1. The highest BCUT2D eigenvalue weighted by atomic mass is 16.1. The van der Waals surface area contributed by atoms with Gasteiger partial charge in [-0.1, -0.05) is 36.4 Å². The number of rotatable bonds is 6. The first-order valence-corrected chi connectivity index (χ1v) is 9.78. The smallest absolute Gasteiger partial charge is 0.267 e. The second-order valence-electron chi connectivity index (χ2n) is 7.09. The molecule has 0 saturated heterocycles. The monoisotopic (exact) mass is 398 g/mol. The van der Waals surface area contributed by atoms with Crippen LogP contribution in [0.5, 0.6) is 0 Å². The summed E-state index contributed by atoms with van der Waals surface area (Å²) in [6, 6.07) is 18.8. The molecule has 3 heterocycles. The average Bonchev–Trinajstić information content (AvgIpc) is 2.79. The first-order valence-electron chi connectivity index (χ1n) is 9.78. The molecule has 0 unspecified atom stereocenters. The second kappa shape index (κ2) is 8.65. The summed E-state index contributed by atoms with van der Waals surface area (Å²) in [5.41, 5.74) is 3.87. The Morgan fingerprint density at radius 1 is 0.967 bits per heavy atom. The minimum Gasteiger partial charge on any atom is -0.349 e. The minimum absolute atomic E-state index is 0.0437. The molecule has 0 aliphatic heterocycles. The summed E-state index contributed by atoms with van der Waals surface area (Å²) in [6.07, 6.45) is 3.50. The van der Waals surface area contributed by atoms with Gasteiger partial charge in [-0.2, -0.15) is 5.10 Å². The molecular formula is C23H22N6O. The van der Waals surface area contributed by atoms with E-state index in [1.165, 1.54) is 10.7 Å². The van der Waals surface area contributed by atoms with Crippen molar-refractivity contribution in [3.05, 3.63) is 89.1 Å². The van der Waals surface area contributed by atoms with Crippen LogP contribution in [0.4, 0.5) is 5.95 Å². The third-order valence-corrected chi connectivity index (χ3v) is 4.58. The van der Waals surface area contributed by atoms with E-state index in [-0.39, 0.29) is 11.6 Å². The number of hydrogen-bond acceptors (Lipinski definition) is 6. The van der Waals surface area contributed by atoms with E-state index in [1.807, 2.05) is 62.4 Å². The number of pyridine rings is 1. The second-order valence-corrected chi connectivity index (χ2v) is 7.09. The fraction of sp³-hybridized carbons (Fsp3) is 0.174. The van der Waals surface area contributed by atoms with Gasteiger partial charge in [0.05, 0.1) is 29.7 Å². The lowest BCUT2D eigenvalue weighted by Gasteiger charge is -2.13. The highest BCUT2D eigenvalue weighted by Gasteiger charge is 2.15. The van der Waals surface area contributed by atoms with Crippen LogP contribution in [0, 0.1) is 0 Å². The van der Waals surface area contributed by atoms with Crippen molar-refractivity contribution in [1.29, 1.82) is 0 Å². The molecule has 4 rings (SSSR count). The van der Waals surface area contributed by atoms with Gasteiger partial charge in [-0.05, 0) is 32.0 Å². The van der Waals surface area contributed by atoms with Crippen LogP contribution >= 0.6 is 0 Å². The first-order chi connectivity index (χ1) is 14.6. The Morgan fingerprint density at radius 2 is 1.77 bits per heavy atom. The lowest BCUT2D eigenvalue weighted by molar-refractivity contribution is 0.505. The topological polar surface area (TPSA) is 85.6 Å². The molecule has 3 aromatic heterocycles. The Balaban J connectivity index is 1.75. The molecule has 4 aromatic rings. The normalized spacial score (nSPS) is 10.9. The number of aromatic nitrogens is 5. The minimum atomic E-state index is -0.135. The molecule has 0 atom stereocenters. The fourth-order valence-electron chi connectivity index (χ4n) is 3.08. The molecule has 0 aliphatic rings. The van der Waals surface area contributed by atoms with Crippen LogP contribution in [0.1, 0.15) is 25.6 Å². The molecule has 0 spiro atoms. The average molecular weight is 398 g/mol. The maximum absolute atomic E-state index is 12.1. The first kappa shape index (κ1) is 19.4. The fourth-order valence-corrected chi connectivity index (χ4v) is 3.08. The zero-order valence-corrected chi connectivity index (χ0v) is 16.9. The summed E-state index contributed by atoms with van der Waals surface area (Å²) in [4.78, 5) is 25.7. The quantitative estimate of drug-likeness (QED) is 0.529. The molecule has 7 heteroatoms. The Kier molecular flexibility index (Phi) is 5.61. The van der Waals surface area contributed by atoms with Crippen LogP contribution in [-0.2, 0) is 6.54 Å². The molecule has 0 bridgehead atoms. The van der Waals surface area contributed by atoms with Crippen LogP contribution in [0.2, 0.25) is 0 Å². The lowest BCUT2D eigenvalue weighted by atomic mass is 10.0. The van der Waals surface area contributed by atoms with Crippen molar-refractivity contribution in [1.82, 2.24) is 24.7 Å². The van der Waals surface area contributed by atoms with Crippen LogP contribution in [0.15, 0.2) is 77.9 Å². The Hall–Kier alpha value is -3.87. The van der Waals surface area contributed by atoms with Gasteiger partial charge >= 0.3 is 0 Å². The van der Waals surface area contributed by atoms with Crippen LogP contribution in [0.25, 0.3) is 22.5 Å². The van der Waals surface area contributed by atoms with Gasteiger partial charge in [0, 0.05) is 29.6 Å². The highest BCUT2D eigenvalue weighted by Crippen LogP contribution is 2.29. The third kappa shape index (κ3) is 4.25. The summed E-state index contributed by atoms with van der Waals surface area (Å²) in [7, 11) is 0. The van der Waals surface area contributed by atoms with Crippen molar-refractivity contribution in [3.8, 4) is 22.5 Å². The lowest BCUT2D eigenvalue weighted by Crippen LogP contribution is -2.24. The van der Waals surface area contributed by atoms with Crippen LogP contribution in [-0.4, -0.2) is 24.7 Å². The summed E-state index contributed by atoms with van der Waals surface area (Å²) < 4.78 is 1.47. The van der Waals surface area contributed by atoms with Gasteiger partial charge in [0.15, 0.2) is 0 Å². The van der Waals surface area contributed by atoms with E-state index >= 15 is 0 Å². The molecule has 0 fully saturated rings. The van der Waals surface area contributed by atoms with E-state index in [4.69, 9.17) is 4.98 Å². The van der Waals surface area contributed by atoms with Crippen molar-refractivity contribution < 1.29 is 0 Å². The molecule has 0 amide bonds. The standard InChI is InChI=1S/C23H22N6O/c1-16(2)29-21(30)12-11-20(28-29)19-15-26-23(25-14-18-10-6-7-13-24-18)27-22(19)17-8-4-3-5-9-17/h3-13,15-16H,14H2,1-2H3,(H,25,26,27). The van der Waals surface area contributed by atoms with Gasteiger partial charge in [-0.15, -0.1) is 0 Å². The van der Waals surface area contributed by atoms with E-state index in [0.29, 0.717) is 18.2 Å². The maximum Gasteiger partial charge on any atom is 0.267 e. The Morgan fingerprint density at radius 3 is 2.50 bits per heavy atom. The molecule has 7 nitrogen and oxygen atoms in total. The van der Waals surface area contributed by atoms with Crippen molar-refractivity contribution in [2.75, 3.05) is 5.32 Å². The number of nitrogens with zero attached hydrogens (tertiary/aromatic N) is 5. The van der Waals surface area contributed by atoms with Gasteiger partial charge in [0.1, 0.15) is 0 Å². The molecule has 1 N–H and O–H groups in total. The summed E-state index contributed by atoms with van der Waals surface area (Å²) in [5, 5.41) is 7.77. The Bertz CT molecular complexity index is 1190. The molecule has 150 valence electrons. The van der Waals surface area contributed by atoms with E-state index in [0.717, 1.165) is 22.5 Å². The van der Waals surface area contributed by atoms with Gasteiger partial charge in [0.2, 0.25) is 5.95 Å². The van der Waals surface area contributed by atoms with E-state index in [2.05, 4.69) is 20.4 Å². The van der Waals surface area contributed by atoms with Crippen molar-refractivity contribution in [2.24, 2.45) is 0 Å². The highest BCUT2D eigenvalue weighted by molar-refractivity contribution is 5.78. The van der Waals surface area contributed by atoms with Crippen molar-refractivity contribution >= 4 is 5.95 Å². The number of hydrogen-bond donors (Lipinski definition) is 1. The molecule has 30 heavy (non-hydrogen) atoms. The van der Waals surface area contributed by atoms with E-state index in [9.17, 15) is 4.79 Å². The Labute approximate surface area is 174 Å². The maximum atomic E-state index is 12.1. The summed E-state index contributed by atoms with van der Waals surface area (Å²) in [6.45, 7) is 4.37. The molecule has 0 saturated carbocycles. The van der Waals surface area contributed by atoms with Crippen molar-refractivity contribution in [2.45, 2.75) is 26.4 Å².